The second-order valence-electron chi connectivity index (χ2n) is 3.38. The lowest BCUT2D eigenvalue weighted by Crippen LogP contribution is -2.26. The second-order valence-corrected chi connectivity index (χ2v) is 3.38. The number of carboxylic acids is 1. The average molecular weight is 181 g/mol. The number of anilines is 1. The Bertz CT molecular complexity index is 345. The summed E-state index contributed by atoms with van der Waals surface area (Å²) in [6.45, 7) is 3.69. The maximum atomic E-state index is 10.7. The van der Waals surface area contributed by atoms with E-state index < -0.39 is 5.97 Å². The number of hydrogen-bond donors (Lipinski definition) is 2. The number of carbonyl (C=O) groups is 1. The molecule has 1 aliphatic heterocycles. The second kappa shape index (κ2) is 2.76. The highest BCUT2D eigenvalue weighted by Crippen LogP contribution is 2.21. The fraction of sp³-hybridized carbons (Fsp3) is 0.500. The quantitative estimate of drug-likeness (QED) is 0.667. The van der Waals surface area contributed by atoms with Crippen molar-refractivity contribution in [1.29, 1.82) is 0 Å². The molecule has 0 aliphatic carbocycles. The van der Waals surface area contributed by atoms with Crippen molar-refractivity contribution in [1.82, 2.24) is 9.78 Å². The van der Waals surface area contributed by atoms with Gasteiger partial charge in [-0.25, -0.2) is 9.48 Å². The van der Waals surface area contributed by atoms with Gasteiger partial charge in [0.2, 0.25) is 0 Å². The summed E-state index contributed by atoms with van der Waals surface area (Å²) in [4.78, 5) is 10.7. The highest BCUT2D eigenvalue weighted by atomic mass is 16.4. The summed E-state index contributed by atoms with van der Waals surface area (Å²) >= 11 is 0. The molecule has 2 heterocycles. The summed E-state index contributed by atoms with van der Waals surface area (Å²) < 4.78 is 1.71. The van der Waals surface area contributed by atoms with Crippen LogP contribution in [0.15, 0.2) is 6.20 Å². The summed E-state index contributed by atoms with van der Waals surface area (Å²) in [7, 11) is 0. The molecule has 0 amide bonds. The van der Waals surface area contributed by atoms with E-state index in [1.807, 2.05) is 0 Å². The van der Waals surface area contributed by atoms with Gasteiger partial charge >= 0.3 is 5.97 Å². The van der Waals surface area contributed by atoms with Crippen molar-refractivity contribution < 1.29 is 9.90 Å². The molecule has 13 heavy (non-hydrogen) atoms. The maximum Gasteiger partial charge on any atom is 0.341 e. The van der Waals surface area contributed by atoms with Crippen LogP contribution in [-0.4, -0.2) is 27.4 Å². The van der Waals surface area contributed by atoms with Crippen molar-refractivity contribution in [3.8, 4) is 0 Å². The van der Waals surface area contributed by atoms with Gasteiger partial charge in [-0.1, -0.05) is 6.92 Å². The van der Waals surface area contributed by atoms with E-state index >= 15 is 0 Å². The van der Waals surface area contributed by atoms with Crippen LogP contribution in [0, 0.1) is 5.92 Å². The van der Waals surface area contributed by atoms with Gasteiger partial charge < -0.3 is 10.4 Å². The number of hydrogen-bond acceptors (Lipinski definition) is 3. The first-order valence-electron chi connectivity index (χ1n) is 4.21. The minimum absolute atomic E-state index is 0.256. The lowest BCUT2D eigenvalue weighted by molar-refractivity contribution is 0.0697. The number of fused-ring (bicyclic) bond motifs is 1. The van der Waals surface area contributed by atoms with Crippen molar-refractivity contribution in [2.45, 2.75) is 13.5 Å². The van der Waals surface area contributed by atoms with Crippen molar-refractivity contribution >= 4 is 11.8 Å². The van der Waals surface area contributed by atoms with Crippen LogP contribution in [0.5, 0.6) is 0 Å². The van der Waals surface area contributed by atoms with Gasteiger partial charge in [-0.2, -0.15) is 5.10 Å². The van der Waals surface area contributed by atoms with E-state index in [0.717, 1.165) is 13.1 Å². The van der Waals surface area contributed by atoms with E-state index in [4.69, 9.17) is 5.11 Å². The summed E-state index contributed by atoms with van der Waals surface area (Å²) in [5.74, 6) is 0.197. The maximum absolute atomic E-state index is 10.7. The van der Waals surface area contributed by atoms with Crippen LogP contribution in [0.25, 0.3) is 0 Å². The zero-order valence-electron chi connectivity index (χ0n) is 7.32. The van der Waals surface area contributed by atoms with Crippen LogP contribution in [0.4, 0.5) is 5.82 Å². The van der Waals surface area contributed by atoms with E-state index in [2.05, 4.69) is 17.3 Å². The molecule has 5 heteroatoms. The monoisotopic (exact) mass is 181 g/mol. The first-order valence-corrected chi connectivity index (χ1v) is 4.21. The Labute approximate surface area is 75.4 Å². The number of nitrogens with zero attached hydrogens (tertiary/aromatic N) is 2. The van der Waals surface area contributed by atoms with E-state index in [0.29, 0.717) is 11.7 Å². The van der Waals surface area contributed by atoms with Crippen LogP contribution in [0.3, 0.4) is 0 Å². The highest BCUT2D eigenvalue weighted by Gasteiger charge is 2.21. The average Bonchev–Trinajstić information content (AvgIpc) is 2.46. The highest BCUT2D eigenvalue weighted by molar-refractivity contribution is 5.93. The smallest absolute Gasteiger partial charge is 0.341 e. The number of rotatable bonds is 1. The van der Waals surface area contributed by atoms with Crippen LogP contribution in [-0.2, 0) is 6.54 Å². The minimum Gasteiger partial charge on any atom is -0.477 e. The molecule has 0 unspecified atom stereocenters. The third-order valence-corrected chi connectivity index (χ3v) is 2.17. The third-order valence-electron chi connectivity index (χ3n) is 2.17. The molecule has 0 aromatic carbocycles. The molecule has 2 N–H and O–H groups in total. The molecule has 0 saturated carbocycles. The number of carboxylic acid groups (broad SMARTS) is 1. The Morgan fingerprint density at radius 2 is 2.62 bits per heavy atom. The number of aromatic nitrogens is 2. The molecule has 1 aromatic rings. The minimum atomic E-state index is -0.927. The van der Waals surface area contributed by atoms with E-state index in [1.54, 1.807) is 4.68 Å². The molecule has 5 nitrogen and oxygen atoms in total. The molecule has 70 valence electrons. The predicted octanol–water partition coefficient (Wildman–Crippen LogP) is 0.643. The summed E-state index contributed by atoms with van der Waals surface area (Å²) in [5.41, 5.74) is 0.256. The lowest BCUT2D eigenvalue weighted by Gasteiger charge is -2.21. The molecule has 0 saturated heterocycles. The molecule has 0 radical (unpaired) electrons. The van der Waals surface area contributed by atoms with Crippen molar-refractivity contribution in [3.05, 3.63) is 11.8 Å². The Morgan fingerprint density at radius 3 is 3.31 bits per heavy atom. The first-order chi connectivity index (χ1) is 6.18. The first kappa shape index (κ1) is 8.10. The number of aromatic carboxylic acids is 1. The van der Waals surface area contributed by atoms with Crippen molar-refractivity contribution in [2.24, 2.45) is 5.92 Å². The fourth-order valence-electron chi connectivity index (χ4n) is 1.50. The zero-order valence-corrected chi connectivity index (χ0v) is 7.32. The molecule has 0 bridgehead atoms. The summed E-state index contributed by atoms with van der Waals surface area (Å²) in [6, 6.07) is 0. The Morgan fingerprint density at radius 1 is 1.85 bits per heavy atom. The fourth-order valence-corrected chi connectivity index (χ4v) is 1.50. The molecule has 1 aliphatic rings. The van der Waals surface area contributed by atoms with Gasteiger partial charge in [-0.3, -0.25) is 0 Å². The zero-order chi connectivity index (χ0) is 9.42. The van der Waals surface area contributed by atoms with Gasteiger partial charge in [0.15, 0.2) is 0 Å². The van der Waals surface area contributed by atoms with Gasteiger partial charge in [-0.15, -0.1) is 0 Å². The van der Waals surface area contributed by atoms with Gasteiger partial charge in [-0.05, 0) is 5.92 Å². The molecular weight excluding hydrogens is 170 g/mol. The summed E-state index contributed by atoms with van der Waals surface area (Å²) in [5, 5.41) is 15.9. The van der Waals surface area contributed by atoms with E-state index in [1.165, 1.54) is 6.20 Å². The Hall–Kier alpha value is -1.52. The van der Waals surface area contributed by atoms with E-state index in [9.17, 15) is 4.79 Å². The van der Waals surface area contributed by atoms with Crippen LogP contribution >= 0.6 is 0 Å². The topological polar surface area (TPSA) is 67.2 Å². The van der Waals surface area contributed by atoms with Gasteiger partial charge in [0, 0.05) is 13.1 Å². The summed E-state index contributed by atoms with van der Waals surface area (Å²) in [6.07, 6.45) is 1.39. The third kappa shape index (κ3) is 1.26. The predicted molar refractivity (Wildman–Crippen MR) is 46.8 cm³/mol. The largest absolute Gasteiger partial charge is 0.477 e. The molecule has 2 rings (SSSR count). The van der Waals surface area contributed by atoms with Gasteiger partial charge in [0.1, 0.15) is 11.4 Å². The van der Waals surface area contributed by atoms with Crippen molar-refractivity contribution in [2.75, 3.05) is 11.9 Å². The normalized spacial score (nSPS) is 20.5. The SMILES string of the molecule is C[C@@H]1CNc2c(C(=O)O)cnn2C1. The number of nitrogens with one attached hydrogen (secondary N) is 1. The van der Waals surface area contributed by atoms with Gasteiger partial charge in [0.25, 0.3) is 0 Å². The molecule has 0 fully saturated rings. The standard InChI is InChI=1S/C8H11N3O2/c1-5-2-9-7-6(8(12)13)3-10-11(7)4-5/h3,5,9H,2,4H2,1H3,(H,12,13)/t5-/m1/s1. The molecule has 1 aromatic heterocycles. The van der Waals surface area contributed by atoms with Crippen LogP contribution in [0.1, 0.15) is 17.3 Å². The van der Waals surface area contributed by atoms with E-state index in [-0.39, 0.29) is 5.56 Å². The Balaban J connectivity index is 2.39. The van der Waals surface area contributed by atoms with Crippen molar-refractivity contribution in [3.63, 3.8) is 0 Å². The lowest BCUT2D eigenvalue weighted by atomic mass is 10.1. The van der Waals surface area contributed by atoms with Crippen LogP contribution < -0.4 is 5.32 Å². The van der Waals surface area contributed by atoms with Crippen LogP contribution in [0.2, 0.25) is 0 Å². The molecule has 0 spiro atoms. The van der Waals surface area contributed by atoms with Gasteiger partial charge in [0.05, 0.1) is 6.20 Å². The molecule has 1 atom stereocenters. The Kier molecular flexibility index (Phi) is 1.72. The molecular formula is C8H11N3O2.